The van der Waals surface area contributed by atoms with Crippen LogP contribution in [-0.4, -0.2) is 45.8 Å². The molecule has 0 bridgehead atoms. The van der Waals surface area contributed by atoms with Crippen molar-refractivity contribution in [3.05, 3.63) is 75.1 Å². The van der Waals surface area contributed by atoms with Gasteiger partial charge in [0.15, 0.2) is 5.16 Å². The molecule has 4 aromatic rings. The highest BCUT2D eigenvalue weighted by Gasteiger charge is 2.27. The maximum atomic E-state index is 14.0. The van der Waals surface area contributed by atoms with Gasteiger partial charge in [-0.05, 0) is 62.2 Å². The van der Waals surface area contributed by atoms with Crippen LogP contribution in [0.25, 0.3) is 15.9 Å². The van der Waals surface area contributed by atoms with Crippen LogP contribution in [0.2, 0.25) is 0 Å². The molecule has 3 heterocycles. The van der Waals surface area contributed by atoms with Gasteiger partial charge in [0, 0.05) is 24.0 Å². The minimum Gasteiger partial charge on any atom is -0.497 e. The molecule has 192 valence electrons. The van der Waals surface area contributed by atoms with E-state index >= 15 is 0 Å². The smallest absolute Gasteiger partial charge is 0.267 e. The zero-order valence-electron chi connectivity index (χ0n) is 20.8. The van der Waals surface area contributed by atoms with Gasteiger partial charge in [0.1, 0.15) is 16.4 Å². The van der Waals surface area contributed by atoms with Crippen LogP contribution < -0.4 is 15.6 Å². The number of aromatic nitrogens is 2. The number of halogens is 1. The number of ether oxygens (including phenoxy) is 1. The number of fused-ring (bicyclic) bond motifs is 3. The van der Waals surface area contributed by atoms with E-state index in [-0.39, 0.29) is 22.9 Å². The van der Waals surface area contributed by atoms with Gasteiger partial charge in [0.2, 0.25) is 5.91 Å². The number of methoxy groups -OCH3 is 1. The van der Waals surface area contributed by atoms with Gasteiger partial charge >= 0.3 is 0 Å². The first-order chi connectivity index (χ1) is 17.9. The number of rotatable bonds is 7. The van der Waals surface area contributed by atoms with Gasteiger partial charge < -0.3 is 10.1 Å². The molecule has 7 nitrogen and oxygen atoms in total. The molecule has 5 rings (SSSR count). The summed E-state index contributed by atoms with van der Waals surface area (Å²) < 4.78 is 20.8. The van der Waals surface area contributed by atoms with Gasteiger partial charge in [-0.25, -0.2) is 9.37 Å². The Bertz CT molecular complexity index is 1510. The minimum atomic E-state index is -0.504. The predicted octanol–water partition coefficient (Wildman–Crippen LogP) is 5.09. The summed E-state index contributed by atoms with van der Waals surface area (Å²) in [5.74, 6) is -0.251. The van der Waals surface area contributed by atoms with E-state index in [1.165, 1.54) is 17.0 Å². The van der Waals surface area contributed by atoms with E-state index in [0.29, 0.717) is 32.9 Å². The lowest BCUT2D eigenvalue weighted by atomic mass is 10.0. The summed E-state index contributed by atoms with van der Waals surface area (Å²) >= 11 is 2.70. The highest BCUT2D eigenvalue weighted by molar-refractivity contribution is 7.99. The molecule has 0 spiro atoms. The number of anilines is 1. The van der Waals surface area contributed by atoms with Crippen molar-refractivity contribution in [2.45, 2.75) is 38.0 Å². The number of nitrogens with zero attached hydrogens (tertiary/aromatic N) is 3. The van der Waals surface area contributed by atoms with Crippen molar-refractivity contribution in [3.8, 4) is 11.4 Å². The first kappa shape index (κ1) is 25.4. The third-order valence-corrected chi connectivity index (χ3v) is 8.46. The second-order valence-electron chi connectivity index (χ2n) is 9.05. The molecule has 2 aromatic heterocycles. The Labute approximate surface area is 222 Å². The van der Waals surface area contributed by atoms with E-state index in [9.17, 15) is 14.0 Å². The number of hydrogen-bond acceptors (Lipinski definition) is 7. The van der Waals surface area contributed by atoms with Crippen LogP contribution in [0, 0.1) is 5.82 Å². The zero-order valence-corrected chi connectivity index (χ0v) is 22.4. The van der Waals surface area contributed by atoms with Gasteiger partial charge in [-0.15, -0.1) is 11.3 Å². The van der Waals surface area contributed by atoms with Crippen LogP contribution in [0.4, 0.5) is 10.1 Å². The standard InChI is InChI=1S/C27H27FN4O3S2/c1-16(2)31-13-12-19-22(14-31)37-25-24(19)26(34)32(17-8-10-18(35-3)11-9-17)27(30-25)36-15-23(33)29-21-7-5-4-6-20(21)28/h4-11,16H,12-15H2,1-3H3,(H,29,33). The number of carbonyl (C=O) groups is 1. The van der Waals surface area contributed by atoms with Crippen LogP contribution in [0.3, 0.4) is 0 Å². The van der Waals surface area contributed by atoms with Crippen molar-refractivity contribution in [1.82, 2.24) is 14.5 Å². The fraction of sp³-hybridized carbons (Fsp3) is 0.296. The lowest BCUT2D eigenvalue weighted by Crippen LogP contribution is -2.35. The van der Waals surface area contributed by atoms with Gasteiger partial charge in [-0.1, -0.05) is 23.9 Å². The largest absolute Gasteiger partial charge is 0.497 e. The number of benzene rings is 2. The molecule has 0 unspecified atom stereocenters. The third kappa shape index (κ3) is 5.14. The highest BCUT2D eigenvalue weighted by Crippen LogP contribution is 2.35. The number of nitrogens with one attached hydrogen (secondary N) is 1. The second-order valence-corrected chi connectivity index (χ2v) is 11.1. The van der Waals surface area contributed by atoms with Gasteiger partial charge in [-0.3, -0.25) is 19.1 Å². The fourth-order valence-electron chi connectivity index (χ4n) is 4.42. The van der Waals surface area contributed by atoms with Crippen molar-refractivity contribution >= 4 is 44.9 Å². The summed E-state index contributed by atoms with van der Waals surface area (Å²) in [6, 6.07) is 13.6. The first-order valence-corrected chi connectivity index (χ1v) is 13.8. The average molecular weight is 539 g/mol. The maximum absolute atomic E-state index is 14.0. The first-order valence-electron chi connectivity index (χ1n) is 12.0. The van der Waals surface area contributed by atoms with E-state index < -0.39 is 5.82 Å². The molecule has 0 fully saturated rings. The number of para-hydroxylation sites is 1. The summed E-state index contributed by atoms with van der Waals surface area (Å²) in [4.78, 5) is 35.7. The number of thiophene rings is 1. The summed E-state index contributed by atoms with van der Waals surface area (Å²) in [6.45, 7) is 6.04. The second kappa shape index (κ2) is 10.6. The van der Waals surface area contributed by atoms with Crippen LogP contribution in [-0.2, 0) is 17.8 Å². The lowest BCUT2D eigenvalue weighted by molar-refractivity contribution is -0.113. The Morgan fingerprint density at radius 1 is 1.22 bits per heavy atom. The Balaban J connectivity index is 1.53. The SMILES string of the molecule is COc1ccc(-n2c(SCC(=O)Nc3ccccc3F)nc3sc4c(c3c2=O)CCN(C(C)C)C4)cc1. The number of hydrogen-bond donors (Lipinski definition) is 1. The van der Waals surface area contributed by atoms with Gasteiger partial charge in [-0.2, -0.15) is 0 Å². The Morgan fingerprint density at radius 2 is 1.97 bits per heavy atom. The normalized spacial score (nSPS) is 13.6. The molecule has 0 atom stereocenters. The number of thioether (sulfide) groups is 1. The summed E-state index contributed by atoms with van der Waals surface area (Å²) in [6.07, 6.45) is 0.796. The van der Waals surface area contributed by atoms with Crippen molar-refractivity contribution in [2.75, 3.05) is 24.7 Å². The molecule has 1 N–H and O–H groups in total. The molecule has 10 heteroatoms. The van der Waals surface area contributed by atoms with Crippen LogP contribution in [0.1, 0.15) is 24.3 Å². The molecule has 1 aliphatic rings. The third-order valence-electron chi connectivity index (χ3n) is 6.41. The molecule has 2 aromatic carbocycles. The highest BCUT2D eigenvalue weighted by atomic mass is 32.2. The summed E-state index contributed by atoms with van der Waals surface area (Å²) in [5.41, 5.74) is 1.68. The molecular formula is C27H27FN4O3S2. The number of amides is 1. The van der Waals surface area contributed by atoms with Crippen molar-refractivity contribution in [2.24, 2.45) is 0 Å². The molecule has 1 amide bonds. The molecule has 1 aliphatic heterocycles. The molecule has 0 aliphatic carbocycles. The summed E-state index contributed by atoms with van der Waals surface area (Å²) in [5, 5.41) is 3.65. The van der Waals surface area contributed by atoms with Crippen molar-refractivity contribution in [1.29, 1.82) is 0 Å². The monoisotopic (exact) mass is 538 g/mol. The van der Waals surface area contributed by atoms with E-state index in [1.807, 2.05) is 0 Å². The van der Waals surface area contributed by atoms with Crippen molar-refractivity contribution < 1.29 is 13.9 Å². The Hall–Kier alpha value is -3.21. The molecule has 37 heavy (non-hydrogen) atoms. The predicted molar refractivity (Wildman–Crippen MR) is 147 cm³/mol. The van der Waals surface area contributed by atoms with Crippen molar-refractivity contribution in [3.63, 3.8) is 0 Å². The van der Waals surface area contributed by atoms with E-state index in [0.717, 1.165) is 36.8 Å². The Kier molecular flexibility index (Phi) is 7.32. The minimum absolute atomic E-state index is 0.0331. The van der Waals surface area contributed by atoms with Crippen LogP contribution in [0.15, 0.2) is 58.5 Å². The topological polar surface area (TPSA) is 76.5 Å². The molecule has 0 saturated heterocycles. The van der Waals surface area contributed by atoms with Crippen LogP contribution in [0.5, 0.6) is 5.75 Å². The summed E-state index contributed by atoms with van der Waals surface area (Å²) in [7, 11) is 1.59. The fourth-order valence-corrected chi connectivity index (χ4v) is 6.52. The maximum Gasteiger partial charge on any atom is 0.267 e. The van der Waals surface area contributed by atoms with E-state index in [1.54, 1.807) is 59.4 Å². The van der Waals surface area contributed by atoms with E-state index in [2.05, 4.69) is 24.1 Å². The zero-order chi connectivity index (χ0) is 26.1. The average Bonchev–Trinajstić information content (AvgIpc) is 3.27. The van der Waals surface area contributed by atoms with Gasteiger partial charge in [0.05, 0.1) is 29.6 Å². The molecule has 0 radical (unpaired) electrons. The Morgan fingerprint density at radius 3 is 2.68 bits per heavy atom. The van der Waals surface area contributed by atoms with E-state index in [4.69, 9.17) is 9.72 Å². The molecular weight excluding hydrogens is 511 g/mol. The van der Waals surface area contributed by atoms with Crippen LogP contribution >= 0.6 is 23.1 Å². The molecule has 0 saturated carbocycles. The number of carbonyl (C=O) groups excluding carboxylic acids is 1. The lowest BCUT2D eigenvalue weighted by Gasteiger charge is -2.30. The quantitative estimate of drug-likeness (QED) is 0.261. The van der Waals surface area contributed by atoms with Gasteiger partial charge in [0.25, 0.3) is 5.56 Å².